The van der Waals surface area contributed by atoms with Crippen LogP contribution in [0.4, 0.5) is 19.0 Å². The summed E-state index contributed by atoms with van der Waals surface area (Å²) in [5, 5.41) is 3.19. The zero-order valence-corrected chi connectivity index (χ0v) is 12.3. The van der Waals surface area contributed by atoms with Gasteiger partial charge in [-0.3, -0.25) is 0 Å². The molecule has 0 aliphatic heterocycles. The highest BCUT2D eigenvalue weighted by Gasteiger charge is 2.32. The van der Waals surface area contributed by atoms with Crippen LogP contribution in [0.3, 0.4) is 0 Å². The zero-order chi connectivity index (χ0) is 14.6. The van der Waals surface area contributed by atoms with E-state index in [0.29, 0.717) is 5.82 Å². The van der Waals surface area contributed by atoms with Gasteiger partial charge in [0.05, 0.1) is 5.56 Å². The third kappa shape index (κ3) is 3.81. The molecule has 1 aromatic rings. The maximum absolute atomic E-state index is 12.4. The monoisotopic (exact) mass is 304 g/mol. The van der Waals surface area contributed by atoms with Gasteiger partial charge in [0.2, 0.25) is 0 Å². The second kappa shape index (κ2) is 6.24. The van der Waals surface area contributed by atoms with Crippen LogP contribution in [0.5, 0.6) is 0 Å². The molecule has 0 radical (unpaired) electrons. The molecule has 0 saturated heterocycles. The van der Waals surface area contributed by atoms with Crippen molar-refractivity contribution in [1.82, 2.24) is 4.98 Å². The van der Waals surface area contributed by atoms with Crippen LogP contribution in [0.1, 0.15) is 37.7 Å². The Balaban J connectivity index is 1.96. The third-order valence-corrected chi connectivity index (χ3v) is 5.30. The van der Waals surface area contributed by atoms with Gasteiger partial charge in [-0.2, -0.15) is 24.9 Å². The lowest BCUT2D eigenvalue weighted by molar-refractivity contribution is -0.137. The average Bonchev–Trinajstić information content (AvgIpc) is 2.46. The lowest BCUT2D eigenvalue weighted by Gasteiger charge is -2.36. The minimum atomic E-state index is -4.32. The normalized spacial score (nSPS) is 18.8. The fourth-order valence-corrected chi connectivity index (χ4v) is 3.48. The van der Waals surface area contributed by atoms with Gasteiger partial charge in [0.1, 0.15) is 5.82 Å². The molecule has 1 fully saturated rings. The van der Waals surface area contributed by atoms with Crippen LogP contribution in [0, 0.1) is 0 Å². The number of nitrogens with zero attached hydrogens (tertiary/aromatic N) is 1. The summed E-state index contributed by atoms with van der Waals surface area (Å²) in [4.78, 5) is 3.85. The summed E-state index contributed by atoms with van der Waals surface area (Å²) in [6, 6.07) is 2.47. The number of alkyl halides is 3. The first-order valence-electron chi connectivity index (χ1n) is 6.77. The molecule has 1 heterocycles. The zero-order valence-electron chi connectivity index (χ0n) is 11.5. The van der Waals surface area contributed by atoms with Gasteiger partial charge in [0, 0.05) is 17.5 Å². The van der Waals surface area contributed by atoms with Crippen molar-refractivity contribution in [1.29, 1.82) is 0 Å². The Hall–Kier alpha value is -0.910. The smallest absolute Gasteiger partial charge is 0.369 e. The Kier molecular flexibility index (Phi) is 4.83. The second-order valence-electron chi connectivity index (χ2n) is 5.23. The number of thioether (sulfide) groups is 1. The van der Waals surface area contributed by atoms with E-state index >= 15 is 0 Å². The summed E-state index contributed by atoms with van der Waals surface area (Å²) in [7, 11) is 0. The van der Waals surface area contributed by atoms with E-state index in [4.69, 9.17) is 0 Å². The van der Waals surface area contributed by atoms with Crippen LogP contribution >= 0.6 is 11.8 Å². The summed E-state index contributed by atoms with van der Waals surface area (Å²) in [6.45, 7) is 0.756. The Morgan fingerprint density at radius 2 is 1.95 bits per heavy atom. The molecule has 0 spiro atoms. The van der Waals surface area contributed by atoms with E-state index in [2.05, 4.69) is 16.6 Å². The molecule has 0 unspecified atom stereocenters. The van der Waals surface area contributed by atoms with E-state index in [1.807, 2.05) is 11.8 Å². The first-order valence-corrected chi connectivity index (χ1v) is 8.00. The molecule has 1 aliphatic rings. The molecule has 0 atom stereocenters. The first kappa shape index (κ1) is 15.5. The lowest BCUT2D eigenvalue weighted by Crippen LogP contribution is -2.35. The van der Waals surface area contributed by atoms with Gasteiger partial charge in [-0.15, -0.1) is 0 Å². The van der Waals surface area contributed by atoms with Crippen molar-refractivity contribution in [2.75, 3.05) is 18.1 Å². The molecule has 1 saturated carbocycles. The van der Waals surface area contributed by atoms with Gasteiger partial charge >= 0.3 is 6.18 Å². The Bertz CT molecular complexity index is 425. The number of hydrogen-bond donors (Lipinski definition) is 1. The van der Waals surface area contributed by atoms with E-state index in [1.165, 1.54) is 25.3 Å². The van der Waals surface area contributed by atoms with Crippen molar-refractivity contribution < 1.29 is 13.2 Å². The largest absolute Gasteiger partial charge is 0.417 e. The Morgan fingerprint density at radius 1 is 1.25 bits per heavy atom. The van der Waals surface area contributed by atoms with Gasteiger partial charge in [-0.05, 0) is 31.2 Å². The molecule has 2 rings (SSSR count). The van der Waals surface area contributed by atoms with Crippen molar-refractivity contribution in [3.63, 3.8) is 0 Å². The molecule has 1 aromatic heterocycles. The van der Waals surface area contributed by atoms with E-state index in [-0.39, 0.29) is 4.75 Å². The van der Waals surface area contributed by atoms with E-state index in [1.54, 1.807) is 0 Å². The SMILES string of the molecule is CSC1(CNc2ccc(C(F)(F)F)cn2)CCCCC1. The highest BCUT2D eigenvalue weighted by molar-refractivity contribution is 8.00. The molecular weight excluding hydrogens is 285 g/mol. The molecule has 0 bridgehead atoms. The van der Waals surface area contributed by atoms with Crippen LogP contribution in [-0.4, -0.2) is 22.5 Å². The Morgan fingerprint density at radius 3 is 2.45 bits per heavy atom. The predicted molar refractivity (Wildman–Crippen MR) is 77.1 cm³/mol. The first-order chi connectivity index (χ1) is 9.45. The third-order valence-electron chi connectivity index (χ3n) is 3.88. The number of aromatic nitrogens is 1. The van der Waals surface area contributed by atoms with Crippen LogP contribution in [0.2, 0.25) is 0 Å². The van der Waals surface area contributed by atoms with Crippen molar-refractivity contribution in [2.24, 2.45) is 0 Å². The lowest BCUT2D eigenvalue weighted by atomic mass is 9.88. The summed E-state index contributed by atoms with van der Waals surface area (Å²) >= 11 is 1.85. The van der Waals surface area contributed by atoms with Crippen molar-refractivity contribution >= 4 is 17.6 Å². The fraction of sp³-hybridized carbons (Fsp3) is 0.643. The van der Waals surface area contributed by atoms with Gasteiger partial charge in [-0.25, -0.2) is 4.98 Å². The quantitative estimate of drug-likeness (QED) is 0.881. The minimum Gasteiger partial charge on any atom is -0.369 e. The molecule has 0 amide bonds. The summed E-state index contributed by atoms with van der Waals surface area (Å²) in [6.07, 6.45) is 4.70. The standard InChI is InChI=1S/C14H19F3N2S/c1-20-13(7-3-2-4-8-13)10-19-12-6-5-11(9-18-12)14(15,16)17/h5-6,9H,2-4,7-8,10H2,1H3,(H,18,19). The van der Waals surface area contributed by atoms with Crippen molar-refractivity contribution in [3.05, 3.63) is 23.9 Å². The number of nitrogens with one attached hydrogen (secondary N) is 1. The summed E-state index contributed by atoms with van der Waals surface area (Å²) in [5.74, 6) is 0.511. The number of pyridine rings is 1. The van der Waals surface area contributed by atoms with Crippen LogP contribution < -0.4 is 5.32 Å². The van der Waals surface area contributed by atoms with E-state index < -0.39 is 11.7 Å². The predicted octanol–water partition coefficient (Wildman–Crippen LogP) is 4.58. The van der Waals surface area contributed by atoms with E-state index in [9.17, 15) is 13.2 Å². The van der Waals surface area contributed by atoms with Gasteiger partial charge < -0.3 is 5.32 Å². The highest BCUT2D eigenvalue weighted by atomic mass is 32.2. The fourth-order valence-electron chi connectivity index (χ4n) is 2.57. The number of hydrogen-bond acceptors (Lipinski definition) is 3. The van der Waals surface area contributed by atoms with Crippen LogP contribution in [-0.2, 0) is 6.18 Å². The molecule has 112 valence electrons. The second-order valence-corrected chi connectivity index (χ2v) is 6.51. The molecule has 0 aromatic carbocycles. The number of halogens is 3. The average molecular weight is 304 g/mol. The Labute approximate surface area is 121 Å². The summed E-state index contributed by atoms with van der Waals surface area (Å²) < 4.78 is 37.5. The molecule has 20 heavy (non-hydrogen) atoms. The molecular formula is C14H19F3N2S. The van der Waals surface area contributed by atoms with Gasteiger partial charge in [-0.1, -0.05) is 19.3 Å². The molecule has 1 aliphatic carbocycles. The minimum absolute atomic E-state index is 0.197. The molecule has 2 nitrogen and oxygen atoms in total. The van der Waals surface area contributed by atoms with Gasteiger partial charge in [0.25, 0.3) is 0 Å². The van der Waals surface area contributed by atoms with Crippen molar-refractivity contribution in [3.8, 4) is 0 Å². The van der Waals surface area contributed by atoms with Gasteiger partial charge in [0.15, 0.2) is 0 Å². The molecule has 6 heteroatoms. The maximum atomic E-state index is 12.4. The number of rotatable bonds is 4. The number of anilines is 1. The van der Waals surface area contributed by atoms with Crippen molar-refractivity contribution in [2.45, 2.75) is 43.0 Å². The molecule has 1 N–H and O–H groups in total. The van der Waals surface area contributed by atoms with Crippen LogP contribution in [0.25, 0.3) is 0 Å². The van der Waals surface area contributed by atoms with E-state index in [0.717, 1.165) is 31.6 Å². The summed E-state index contributed by atoms with van der Waals surface area (Å²) in [5.41, 5.74) is -0.708. The maximum Gasteiger partial charge on any atom is 0.417 e. The highest BCUT2D eigenvalue weighted by Crippen LogP contribution is 2.38. The topological polar surface area (TPSA) is 24.9 Å². The van der Waals surface area contributed by atoms with Crippen LogP contribution in [0.15, 0.2) is 18.3 Å².